The summed E-state index contributed by atoms with van der Waals surface area (Å²) in [5.74, 6) is 1.86. The van der Waals surface area contributed by atoms with E-state index in [-0.39, 0.29) is 5.41 Å². The van der Waals surface area contributed by atoms with Crippen LogP contribution in [-0.2, 0) is 4.74 Å². The van der Waals surface area contributed by atoms with Crippen molar-refractivity contribution in [3.05, 3.63) is 12.2 Å². The molecule has 2 bridgehead atoms. The summed E-state index contributed by atoms with van der Waals surface area (Å²) in [5, 5.41) is 9.68. The van der Waals surface area contributed by atoms with Crippen LogP contribution in [0.15, 0.2) is 12.2 Å². The van der Waals surface area contributed by atoms with Crippen molar-refractivity contribution in [3.63, 3.8) is 0 Å². The van der Waals surface area contributed by atoms with Crippen LogP contribution < -0.4 is 0 Å². The number of hydrogen-bond donors (Lipinski definition) is 1. The largest absolute Gasteiger partial charge is 0.395 e. The van der Waals surface area contributed by atoms with Gasteiger partial charge < -0.3 is 9.84 Å². The van der Waals surface area contributed by atoms with Crippen LogP contribution in [0.1, 0.15) is 6.42 Å². The van der Waals surface area contributed by atoms with Crippen LogP contribution in [0.4, 0.5) is 0 Å². The standard InChI is InChI=1S/C11H13BrO2/c12-9-6-3-5-8-7(14-10(5)9)1-2-11(6,8)4-13/h1-2,5-10,13H,3-4H2/t5?,6?,7-,8?,9?,10?,11-/m0/s1. The van der Waals surface area contributed by atoms with E-state index in [1.165, 1.54) is 6.42 Å². The molecule has 0 radical (unpaired) electrons. The monoisotopic (exact) mass is 256 g/mol. The van der Waals surface area contributed by atoms with Crippen LogP contribution in [0.5, 0.6) is 0 Å². The molecule has 4 rings (SSSR count). The first kappa shape index (κ1) is 8.31. The van der Waals surface area contributed by atoms with Gasteiger partial charge in [-0.3, -0.25) is 0 Å². The maximum Gasteiger partial charge on any atom is 0.0801 e. The molecule has 5 unspecified atom stereocenters. The van der Waals surface area contributed by atoms with E-state index in [0.717, 1.165) is 0 Å². The third-order valence-corrected chi connectivity index (χ3v) is 6.12. The van der Waals surface area contributed by atoms with Gasteiger partial charge in [-0.05, 0) is 18.3 Å². The molecule has 1 saturated heterocycles. The van der Waals surface area contributed by atoms with E-state index in [1.807, 2.05) is 0 Å². The molecule has 0 aromatic heterocycles. The van der Waals surface area contributed by atoms with Crippen molar-refractivity contribution in [2.45, 2.75) is 23.5 Å². The lowest BCUT2D eigenvalue weighted by Crippen LogP contribution is -2.43. The Morgan fingerprint density at radius 2 is 2.43 bits per heavy atom. The molecule has 2 nitrogen and oxygen atoms in total. The van der Waals surface area contributed by atoms with E-state index in [9.17, 15) is 5.11 Å². The Morgan fingerprint density at radius 3 is 3.21 bits per heavy atom. The molecule has 76 valence electrons. The highest BCUT2D eigenvalue weighted by Crippen LogP contribution is 2.69. The summed E-state index contributed by atoms with van der Waals surface area (Å²) in [6, 6.07) is 0. The zero-order valence-corrected chi connectivity index (χ0v) is 9.35. The maximum atomic E-state index is 9.68. The van der Waals surface area contributed by atoms with Gasteiger partial charge in [0.2, 0.25) is 0 Å². The smallest absolute Gasteiger partial charge is 0.0801 e. The fourth-order valence-electron chi connectivity index (χ4n) is 4.48. The van der Waals surface area contributed by atoms with Crippen molar-refractivity contribution in [3.8, 4) is 0 Å². The van der Waals surface area contributed by atoms with Crippen LogP contribution in [0.2, 0.25) is 0 Å². The normalized spacial score (nSPS) is 67.0. The summed E-state index contributed by atoms with van der Waals surface area (Å²) in [7, 11) is 0. The average molecular weight is 257 g/mol. The van der Waals surface area contributed by atoms with Crippen LogP contribution >= 0.6 is 15.9 Å². The Labute approximate surface area is 91.5 Å². The third kappa shape index (κ3) is 0.624. The summed E-state index contributed by atoms with van der Waals surface area (Å²) in [5.41, 5.74) is 0.0521. The number of ether oxygens (including phenoxy) is 1. The van der Waals surface area contributed by atoms with Crippen LogP contribution in [-0.4, -0.2) is 28.7 Å². The summed E-state index contributed by atoms with van der Waals surface area (Å²) < 4.78 is 6.02. The molecule has 4 aliphatic rings. The number of aliphatic hydroxyl groups is 1. The molecule has 3 aliphatic carbocycles. The predicted octanol–water partition coefficient (Wildman–Crippen LogP) is 1.33. The minimum atomic E-state index is 0.0521. The van der Waals surface area contributed by atoms with E-state index >= 15 is 0 Å². The zero-order chi connectivity index (χ0) is 9.50. The SMILES string of the molecule is OC[C@@]12C=C[C@@H]3OC4C(Br)C1CC4C32. The van der Waals surface area contributed by atoms with Crippen molar-refractivity contribution >= 4 is 15.9 Å². The van der Waals surface area contributed by atoms with Gasteiger partial charge in [0, 0.05) is 16.2 Å². The second kappa shape index (κ2) is 2.28. The van der Waals surface area contributed by atoms with Gasteiger partial charge in [-0.1, -0.05) is 28.1 Å². The summed E-state index contributed by atoms with van der Waals surface area (Å²) in [6.45, 7) is 0.296. The zero-order valence-electron chi connectivity index (χ0n) is 7.77. The van der Waals surface area contributed by atoms with Crippen molar-refractivity contribution in [2.24, 2.45) is 23.2 Å². The number of alkyl halides is 1. The molecule has 14 heavy (non-hydrogen) atoms. The Bertz CT molecular complexity index is 329. The van der Waals surface area contributed by atoms with Crippen LogP contribution in [0.25, 0.3) is 0 Å². The third-order valence-electron chi connectivity index (χ3n) is 4.96. The Hall–Kier alpha value is 0.140. The lowest BCUT2D eigenvalue weighted by Gasteiger charge is -2.38. The topological polar surface area (TPSA) is 29.5 Å². The van der Waals surface area contributed by atoms with Crippen molar-refractivity contribution < 1.29 is 9.84 Å². The van der Waals surface area contributed by atoms with Crippen molar-refractivity contribution in [2.75, 3.05) is 6.61 Å². The molecule has 7 atom stereocenters. The van der Waals surface area contributed by atoms with Crippen molar-refractivity contribution in [1.82, 2.24) is 0 Å². The molecule has 3 heteroatoms. The number of aliphatic hydroxyl groups excluding tert-OH is 1. The summed E-state index contributed by atoms with van der Waals surface area (Å²) in [6.07, 6.45) is 6.37. The number of rotatable bonds is 1. The van der Waals surface area contributed by atoms with Gasteiger partial charge in [-0.25, -0.2) is 0 Å². The van der Waals surface area contributed by atoms with Crippen molar-refractivity contribution in [1.29, 1.82) is 0 Å². The van der Waals surface area contributed by atoms with Gasteiger partial charge >= 0.3 is 0 Å². The quantitative estimate of drug-likeness (QED) is 0.567. The first-order chi connectivity index (χ1) is 6.78. The van der Waals surface area contributed by atoms with Gasteiger partial charge in [0.15, 0.2) is 0 Å². The highest BCUT2D eigenvalue weighted by molar-refractivity contribution is 9.09. The molecule has 0 amide bonds. The molecular formula is C11H13BrO2. The average Bonchev–Trinajstić information content (AvgIpc) is 2.83. The molecule has 2 saturated carbocycles. The van der Waals surface area contributed by atoms with E-state index in [4.69, 9.17) is 4.74 Å². The number of halogens is 1. The maximum absolute atomic E-state index is 9.68. The van der Waals surface area contributed by atoms with Gasteiger partial charge in [-0.15, -0.1) is 0 Å². The second-order valence-corrected chi connectivity index (χ2v) is 6.23. The molecule has 1 N–H and O–H groups in total. The summed E-state index contributed by atoms with van der Waals surface area (Å²) in [4.78, 5) is 0.464. The molecule has 0 spiro atoms. The Kier molecular flexibility index (Phi) is 1.35. The molecule has 1 heterocycles. The van der Waals surface area contributed by atoms with E-state index in [0.29, 0.717) is 41.4 Å². The first-order valence-corrected chi connectivity index (χ1v) is 6.29. The van der Waals surface area contributed by atoms with Gasteiger partial charge in [0.1, 0.15) is 0 Å². The molecular weight excluding hydrogens is 244 g/mol. The Balaban J connectivity index is 1.92. The molecule has 3 fully saturated rings. The lowest BCUT2D eigenvalue weighted by atomic mass is 9.68. The highest BCUT2D eigenvalue weighted by Gasteiger charge is 2.71. The minimum Gasteiger partial charge on any atom is -0.395 e. The predicted molar refractivity (Wildman–Crippen MR) is 55.1 cm³/mol. The fraction of sp³-hybridized carbons (Fsp3) is 0.818. The van der Waals surface area contributed by atoms with Gasteiger partial charge in [0.05, 0.1) is 18.8 Å². The van der Waals surface area contributed by atoms with Crippen LogP contribution in [0.3, 0.4) is 0 Å². The molecule has 0 aromatic carbocycles. The van der Waals surface area contributed by atoms with E-state index in [2.05, 4.69) is 28.1 Å². The number of hydrogen-bond acceptors (Lipinski definition) is 2. The fourth-order valence-corrected chi connectivity index (χ4v) is 5.70. The second-order valence-electron chi connectivity index (χ2n) is 5.17. The van der Waals surface area contributed by atoms with Crippen LogP contribution in [0, 0.1) is 23.2 Å². The summed E-state index contributed by atoms with van der Waals surface area (Å²) >= 11 is 3.76. The minimum absolute atomic E-state index is 0.0521. The molecule has 0 aromatic rings. The first-order valence-electron chi connectivity index (χ1n) is 5.38. The highest BCUT2D eigenvalue weighted by atomic mass is 79.9. The van der Waals surface area contributed by atoms with E-state index < -0.39 is 0 Å². The van der Waals surface area contributed by atoms with Gasteiger partial charge in [-0.2, -0.15) is 0 Å². The number of fused-ring (bicyclic) bond motifs is 2. The van der Waals surface area contributed by atoms with E-state index in [1.54, 1.807) is 0 Å². The lowest BCUT2D eigenvalue weighted by molar-refractivity contribution is 0.0694. The Morgan fingerprint density at radius 1 is 1.57 bits per heavy atom. The molecule has 1 aliphatic heterocycles. The van der Waals surface area contributed by atoms with Gasteiger partial charge in [0.25, 0.3) is 0 Å².